The SMILES string of the molecule is C#CCO[C@H](C)[C@H](NC(=O)OC(C)(C)C)C(=O)N1CC[C@@H]2[C@H]1[C@@H](OC(=O)Nc1ccccc1)CN2C(=O)OCc1ccccc1. The molecular weight excluding hydrogens is 580 g/mol. The summed E-state index contributed by atoms with van der Waals surface area (Å²) in [5.41, 5.74) is 0.532. The number of ether oxygens (including phenoxy) is 4. The first-order valence-electron chi connectivity index (χ1n) is 14.8. The van der Waals surface area contributed by atoms with E-state index in [1.807, 2.05) is 36.4 Å². The van der Waals surface area contributed by atoms with Crippen LogP contribution in [0.5, 0.6) is 0 Å². The molecule has 2 aromatic rings. The maximum absolute atomic E-state index is 14.1. The molecule has 5 atom stereocenters. The Morgan fingerprint density at radius 2 is 1.67 bits per heavy atom. The molecule has 4 rings (SSSR count). The number of hydrogen-bond donors (Lipinski definition) is 2. The maximum atomic E-state index is 14.1. The van der Waals surface area contributed by atoms with Crippen molar-refractivity contribution in [2.45, 2.75) is 76.7 Å². The van der Waals surface area contributed by atoms with Gasteiger partial charge in [-0.2, -0.15) is 0 Å². The van der Waals surface area contributed by atoms with E-state index in [9.17, 15) is 19.2 Å². The van der Waals surface area contributed by atoms with Crippen LogP contribution in [0.4, 0.5) is 20.1 Å². The highest BCUT2D eigenvalue weighted by Crippen LogP contribution is 2.35. The van der Waals surface area contributed by atoms with Crippen molar-refractivity contribution >= 4 is 29.9 Å². The quantitative estimate of drug-likeness (QED) is 0.315. The maximum Gasteiger partial charge on any atom is 0.412 e. The van der Waals surface area contributed by atoms with Crippen molar-refractivity contribution in [1.82, 2.24) is 15.1 Å². The molecule has 12 nitrogen and oxygen atoms in total. The van der Waals surface area contributed by atoms with Gasteiger partial charge >= 0.3 is 18.3 Å². The van der Waals surface area contributed by atoms with Crippen LogP contribution in [0.3, 0.4) is 0 Å². The van der Waals surface area contributed by atoms with E-state index < -0.39 is 60.1 Å². The predicted molar refractivity (Wildman–Crippen MR) is 165 cm³/mol. The number of likely N-dealkylation sites (tertiary alicyclic amines) is 2. The van der Waals surface area contributed by atoms with Gasteiger partial charge in [0, 0.05) is 12.2 Å². The summed E-state index contributed by atoms with van der Waals surface area (Å²) in [6.07, 6.45) is 1.92. The Morgan fingerprint density at radius 3 is 2.31 bits per heavy atom. The Bertz CT molecular complexity index is 1370. The molecule has 2 saturated heterocycles. The highest BCUT2D eigenvalue weighted by Gasteiger charge is 2.55. The van der Waals surface area contributed by atoms with Crippen molar-refractivity contribution in [3.8, 4) is 12.3 Å². The van der Waals surface area contributed by atoms with E-state index in [2.05, 4.69) is 16.6 Å². The van der Waals surface area contributed by atoms with Gasteiger partial charge in [0.15, 0.2) is 0 Å². The van der Waals surface area contributed by atoms with E-state index in [4.69, 9.17) is 25.4 Å². The van der Waals surface area contributed by atoms with Crippen LogP contribution in [-0.4, -0.2) is 89.6 Å². The number of nitrogens with zero attached hydrogens (tertiary/aromatic N) is 2. The van der Waals surface area contributed by atoms with E-state index in [1.165, 1.54) is 9.80 Å². The molecule has 45 heavy (non-hydrogen) atoms. The average Bonchev–Trinajstić information content (AvgIpc) is 3.58. The summed E-state index contributed by atoms with van der Waals surface area (Å²) >= 11 is 0. The molecule has 2 aliphatic rings. The van der Waals surface area contributed by atoms with E-state index in [0.29, 0.717) is 12.1 Å². The zero-order valence-corrected chi connectivity index (χ0v) is 25.9. The summed E-state index contributed by atoms with van der Waals surface area (Å²) in [5, 5.41) is 5.31. The van der Waals surface area contributed by atoms with Crippen LogP contribution in [-0.2, 0) is 30.3 Å². The number of carbonyl (C=O) groups is 4. The number of amides is 4. The fraction of sp³-hybridized carbons (Fsp3) is 0.455. The van der Waals surface area contributed by atoms with E-state index in [0.717, 1.165) is 5.56 Å². The number of terminal acetylenes is 1. The normalized spacial score (nSPS) is 20.3. The molecule has 2 N–H and O–H groups in total. The minimum atomic E-state index is -1.18. The van der Waals surface area contributed by atoms with Gasteiger partial charge < -0.3 is 29.2 Å². The molecule has 240 valence electrons. The Kier molecular flexibility index (Phi) is 10.9. The van der Waals surface area contributed by atoms with Gasteiger partial charge in [-0.25, -0.2) is 14.4 Å². The lowest BCUT2D eigenvalue weighted by Gasteiger charge is -2.33. The zero-order chi connectivity index (χ0) is 32.6. The number of fused-ring (bicyclic) bond motifs is 1. The summed E-state index contributed by atoms with van der Waals surface area (Å²) in [7, 11) is 0. The smallest absolute Gasteiger partial charge is 0.412 e. The summed E-state index contributed by atoms with van der Waals surface area (Å²) in [6.45, 7) is 6.94. The third-order valence-electron chi connectivity index (χ3n) is 7.42. The lowest BCUT2D eigenvalue weighted by atomic mass is 10.1. The van der Waals surface area contributed by atoms with Crippen LogP contribution >= 0.6 is 0 Å². The minimum absolute atomic E-state index is 0.00224. The number of carbonyl (C=O) groups excluding carboxylic acids is 4. The Hall–Kier alpha value is -4.76. The zero-order valence-electron chi connectivity index (χ0n) is 25.9. The van der Waals surface area contributed by atoms with Crippen molar-refractivity contribution in [2.24, 2.45) is 0 Å². The van der Waals surface area contributed by atoms with Crippen molar-refractivity contribution in [3.63, 3.8) is 0 Å². The molecule has 0 bridgehead atoms. The third-order valence-corrected chi connectivity index (χ3v) is 7.42. The lowest BCUT2D eigenvalue weighted by molar-refractivity contribution is -0.139. The average molecular weight is 621 g/mol. The molecular formula is C33H40N4O8. The Labute approximate surface area is 263 Å². The van der Waals surface area contributed by atoms with Crippen LogP contribution in [0.1, 0.15) is 39.7 Å². The Morgan fingerprint density at radius 1 is 1.00 bits per heavy atom. The van der Waals surface area contributed by atoms with Crippen molar-refractivity contribution < 1.29 is 38.1 Å². The minimum Gasteiger partial charge on any atom is -0.445 e. The van der Waals surface area contributed by atoms with Crippen LogP contribution in [0, 0.1) is 12.3 Å². The number of hydrogen-bond acceptors (Lipinski definition) is 8. The van der Waals surface area contributed by atoms with Crippen molar-refractivity contribution in [1.29, 1.82) is 0 Å². The van der Waals surface area contributed by atoms with Gasteiger partial charge in [-0.15, -0.1) is 6.42 Å². The summed E-state index contributed by atoms with van der Waals surface area (Å²) < 4.78 is 22.5. The molecule has 0 radical (unpaired) electrons. The van der Waals surface area contributed by atoms with Gasteiger partial charge in [-0.1, -0.05) is 54.5 Å². The summed E-state index contributed by atoms with van der Waals surface area (Å²) in [5.74, 6) is 1.88. The molecule has 0 spiro atoms. The third kappa shape index (κ3) is 8.89. The fourth-order valence-electron chi connectivity index (χ4n) is 5.48. The van der Waals surface area contributed by atoms with Crippen LogP contribution in [0.25, 0.3) is 0 Å². The van der Waals surface area contributed by atoms with Crippen LogP contribution in [0.2, 0.25) is 0 Å². The summed E-state index contributed by atoms with van der Waals surface area (Å²) in [6, 6.07) is 15.6. The van der Waals surface area contributed by atoms with Gasteiger partial charge in [0.1, 0.15) is 31.0 Å². The molecule has 2 aliphatic heterocycles. The monoisotopic (exact) mass is 620 g/mol. The van der Waals surface area contributed by atoms with Crippen LogP contribution < -0.4 is 10.6 Å². The van der Waals surface area contributed by atoms with E-state index >= 15 is 0 Å². The molecule has 12 heteroatoms. The molecule has 0 saturated carbocycles. The second kappa shape index (κ2) is 14.8. The van der Waals surface area contributed by atoms with Crippen LogP contribution in [0.15, 0.2) is 60.7 Å². The largest absolute Gasteiger partial charge is 0.445 e. The number of benzene rings is 2. The van der Waals surface area contributed by atoms with Gasteiger partial charge in [0.25, 0.3) is 0 Å². The van der Waals surface area contributed by atoms with Gasteiger partial charge in [-0.3, -0.25) is 15.0 Å². The van der Waals surface area contributed by atoms with Gasteiger partial charge in [0.05, 0.1) is 24.7 Å². The molecule has 2 fully saturated rings. The molecule has 0 unspecified atom stereocenters. The molecule has 2 heterocycles. The Balaban J connectivity index is 1.56. The number of para-hydroxylation sites is 1. The molecule has 0 aromatic heterocycles. The first-order chi connectivity index (χ1) is 21.5. The van der Waals surface area contributed by atoms with Gasteiger partial charge in [-0.05, 0) is 51.8 Å². The number of anilines is 1. The highest BCUT2D eigenvalue weighted by molar-refractivity contribution is 5.88. The number of rotatable bonds is 9. The second-order valence-electron chi connectivity index (χ2n) is 11.8. The van der Waals surface area contributed by atoms with E-state index in [1.54, 1.807) is 52.0 Å². The molecule has 0 aliphatic carbocycles. The molecule has 2 aromatic carbocycles. The lowest BCUT2D eigenvalue weighted by Crippen LogP contribution is -2.58. The number of alkyl carbamates (subject to hydrolysis) is 1. The van der Waals surface area contributed by atoms with E-state index in [-0.39, 0.29) is 26.3 Å². The van der Waals surface area contributed by atoms with Crippen molar-refractivity contribution in [2.75, 3.05) is 25.0 Å². The highest BCUT2D eigenvalue weighted by atomic mass is 16.6. The predicted octanol–water partition coefficient (Wildman–Crippen LogP) is 4.16. The van der Waals surface area contributed by atoms with Gasteiger partial charge in [0.2, 0.25) is 5.91 Å². The molecule has 4 amide bonds. The standard InChI is InChI=1S/C33H40N4O8/c1-6-19-42-22(2)27(35-31(40)45-33(3,4)5)29(38)36-18-17-25-28(36)26(44-30(39)34-24-15-11-8-12-16-24)20-37(25)32(41)43-21-23-13-9-7-10-14-23/h1,7-16,22,25-28H,17-21H2,2-5H3,(H,34,39)(H,35,40)/t22-,25-,26+,27+,28+/m1/s1. The first-order valence-corrected chi connectivity index (χ1v) is 14.8. The first kappa shape index (κ1) is 33.1. The fourth-order valence-corrected chi connectivity index (χ4v) is 5.48. The summed E-state index contributed by atoms with van der Waals surface area (Å²) in [4.78, 5) is 56.2. The second-order valence-corrected chi connectivity index (χ2v) is 11.8. The van der Waals surface area contributed by atoms with Crippen molar-refractivity contribution in [3.05, 3.63) is 66.2 Å². The number of nitrogens with one attached hydrogen (secondary N) is 2. The topological polar surface area (TPSA) is 136 Å².